The van der Waals surface area contributed by atoms with E-state index in [-0.39, 0.29) is 16.7 Å². The van der Waals surface area contributed by atoms with E-state index < -0.39 is 10.0 Å². The molecule has 27 heavy (non-hydrogen) atoms. The third kappa shape index (κ3) is 4.88. The number of carbonyl (C=O) groups excluding carboxylic acids is 1. The maximum absolute atomic E-state index is 12.8. The number of methoxy groups -OCH3 is 1. The fourth-order valence-electron chi connectivity index (χ4n) is 3.16. The van der Waals surface area contributed by atoms with Crippen LogP contribution in [-0.2, 0) is 21.2 Å². The maximum Gasteiger partial charge on any atom is 0.243 e. The fraction of sp³-hybridized carbons (Fsp3) is 0.421. The minimum absolute atomic E-state index is 0.0213. The Balaban J connectivity index is 1.50. The first-order valence-electron chi connectivity index (χ1n) is 8.95. The molecule has 1 N–H and O–H groups in total. The second-order valence-electron chi connectivity index (χ2n) is 6.47. The van der Waals surface area contributed by atoms with Gasteiger partial charge in [-0.25, -0.2) is 8.42 Å². The zero-order valence-electron chi connectivity index (χ0n) is 15.3. The van der Waals surface area contributed by atoms with Gasteiger partial charge in [0.1, 0.15) is 5.75 Å². The lowest BCUT2D eigenvalue weighted by Crippen LogP contribution is -2.43. The van der Waals surface area contributed by atoms with Crippen LogP contribution in [-0.4, -0.2) is 45.4 Å². The smallest absolute Gasteiger partial charge is 0.243 e. The van der Waals surface area contributed by atoms with Crippen LogP contribution in [0.15, 0.2) is 46.7 Å². The molecule has 0 unspecified atom stereocenters. The number of hydrogen-bond acceptors (Lipinski definition) is 5. The van der Waals surface area contributed by atoms with E-state index in [1.807, 2.05) is 11.4 Å². The molecule has 0 spiro atoms. The van der Waals surface area contributed by atoms with E-state index in [1.54, 1.807) is 42.7 Å². The summed E-state index contributed by atoms with van der Waals surface area (Å²) in [6.07, 6.45) is 1.91. The van der Waals surface area contributed by atoms with Gasteiger partial charge >= 0.3 is 0 Å². The van der Waals surface area contributed by atoms with Crippen LogP contribution in [0, 0.1) is 5.92 Å². The summed E-state index contributed by atoms with van der Waals surface area (Å²) in [6.45, 7) is 1.33. The lowest BCUT2D eigenvalue weighted by molar-refractivity contribution is -0.126. The number of amides is 1. The summed E-state index contributed by atoms with van der Waals surface area (Å²) in [7, 11) is -1.99. The van der Waals surface area contributed by atoms with Crippen molar-refractivity contribution in [2.45, 2.75) is 24.2 Å². The van der Waals surface area contributed by atoms with Crippen LogP contribution in [0.5, 0.6) is 5.75 Å². The molecule has 1 aliphatic heterocycles. The number of sulfonamides is 1. The van der Waals surface area contributed by atoms with Crippen LogP contribution in [0.3, 0.4) is 0 Å². The van der Waals surface area contributed by atoms with Gasteiger partial charge < -0.3 is 10.1 Å². The maximum atomic E-state index is 12.8. The Hall–Kier alpha value is -1.90. The van der Waals surface area contributed by atoms with E-state index >= 15 is 0 Å². The molecule has 3 rings (SSSR count). The molecule has 1 amide bonds. The van der Waals surface area contributed by atoms with Gasteiger partial charge in [0.05, 0.1) is 12.0 Å². The van der Waals surface area contributed by atoms with Crippen molar-refractivity contribution in [2.24, 2.45) is 5.92 Å². The predicted molar refractivity (Wildman–Crippen MR) is 106 cm³/mol. The van der Waals surface area contributed by atoms with Crippen molar-refractivity contribution in [1.82, 2.24) is 9.62 Å². The quantitative estimate of drug-likeness (QED) is 0.764. The van der Waals surface area contributed by atoms with Crippen LogP contribution in [0.1, 0.15) is 17.7 Å². The van der Waals surface area contributed by atoms with E-state index in [9.17, 15) is 13.2 Å². The molecule has 0 atom stereocenters. The van der Waals surface area contributed by atoms with Crippen LogP contribution in [0.25, 0.3) is 0 Å². The van der Waals surface area contributed by atoms with Gasteiger partial charge in [0.2, 0.25) is 15.9 Å². The van der Waals surface area contributed by atoms with Crippen LogP contribution >= 0.6 is 11.3 Å². The van der Waals surface area contributed by atoms with E-state index in [0.717, 1.165) is 6.42 Å². The zero-order chi connectivity index (χ0) is 19.3. The molecule has 0 radical (unpaired) electrons. The van der Waals surface area contributed by atoms with E-state index in [4.69, 9.17) is 4.74 Å². The molecule has 1 fully saturated rings. The summed E-state index contributed by atoms with van der Waals surface area (Å²) < 4.78 is 32.0. The van der Waals surface area contributed by atoms with Crippen LogP contribution in [0.4, 0.5) is 0 Å². The van der Waals surface area contributed by atoms with E-state index in [1.165, 1.54) is 9.18 Å². The standard InChI is InChI=1S/C19H24N2O4S2/c1-25-16-4-6-18(7-5-16)27(23,24)21-12-9-15(10-13-21)19(22)20-11-8-17-3-2-14-26-17/h2-7,14-15H,8-13H2,1H3,(H,20,22). The topological polar surface area (TPSA) is 75.7 Å². The van der Waals surface area contributed by atoms with Gasteiger partial charge in [-0.3, -0.25) is 4.79 Å². The Morgan fingerprint density at radius 2 is 1.93 bits per heavy atom. The molecule has 1 aliphatic rings. The molecule has 1 aromatic carbocycles. The van der Waals surface area contributed by atoms with Crippen molar-refractivity contribution in [2.75, 3.05) is 26.7 Å². The summed E-state index contributed by atoms with van der Waals surface area (Å²) in [5.41, 5.74) is 0. The molecule has 1 aromatic heterocycles. The van der Waals surface area contributed by atoms with E-state index in [2.05, 4.69) is 11.4 Å². The minimum Gasteiger partial charge on any atom is -0.497 e. The summed E-state index contributed by atoms with van der Waals surface area (Å²) in [5, 5.41) is 5.00. The second-order valence-corrected chi connectivity index (χ2v) is 9.44. The van der Waals surface area contributed by atoms with Crippen molar-refractivity contribution in [1.29, 1.82) is 0 Å². The first-order valence-corrected chi connectivity index (χ1v) is 11.3. The summed E-state index contributed by atoms with van der Waals surface area (Å²) in [6, 6.07) is 10.4. The third-order valence-electron chi connectivity index (χ3n) is 4.77. The first-order chi connectivity index (χ1) is 13.0. The van der Waals surface area contributed by atoms with Gasteiger partial charge in [-0.1, -0.05) is 6.07 Å². The molecule has 146 valence electrons. The Morgan fingerprint density at radius 1 is 1.22 bits per heavy atom. The lowest BCUT2D eigenvalue weighted by atomic mass is 9.97. The van der Waals surface area contributed by atoms with Gasteiger partial charge in [-0.15, -0.1) is 11.3 Å². The van der Waals surface area contributed by atoms with Gasteiger partial charge in [0.15, 0.2) is 0 Å². The SMILES string of the molecule is COc1ccc(S(=O)(=O)N2CCC(C(=O)NCCc3cccs3)CC2)cc1. The van der Waals surface area contributed by atoms with Crippen LogP contribution in [0.2, 0.25) is 0 Å². The highest BCUT2D eigenvalue weighted by Gasteiger charge is 2.31. The Kier molecular flexibility index (Phi) is 6.51. The zero-order valence-corrected chi connectivity index (χ0v) is 16.9. The van der Waals surface area contributed by atoms with Gasteiger partial charge in [-0.2, -0.15) is 4.31 Å². The van der Waals surface area contributed by atoms with E-state index in [0.29, 0.717) is 38.2 Å². The molecule has 0 bridgehead atoms. The average Bonchev–Trinajstić information content (AvgIpc) is 3.21. The Bertz CT molecular complexity index is 840. The predicted octanol–water partition coefficient (Wildman–Crippen LogP) is 2.52. The minimum atomic E-state index is -3.54. The number of hydrogen-bond donors (Lipinski definition) is 1. The molecular formula is C19H24N2O4S2. The number of nitrogens with zero attached hydrogens (tertiary/aromatic N) is 1. The molecule has 6 nitrogen and oxygen atoms in total. The van der Waals surface area contributed by atoms with Crippen molar-refractivity contribution in [3.8, 4) is 5.75 Å². The Morgan fingerprint density at radius 3 is 2.52 bits per heavy atom. The number of carbonyl (C=O) groups is 1. The summed E-state index contributed by atoms with van der Waals surface area (Å²) in [5.74, 6) is 0.510. The largest absolute Gasteiger partial charge is 0.497 e. The number of benzene rings is 1. The summed E-state index contributed by atoms with van der Waals surface area (Å²) >= 11 is 1.68. The molecular weight excluding hydrogens is 384 g/mol. The van der Waals surface area contributed by atoms with Gasteiger partial charge in [-0.05, 0) is 55.0 Å². The number of thiophene rings is 1. The highest BCUT2D eigenvalue weighted by atomic mass is 32.2. The highest BCUT2D eigenvalue weighted by Crippen LogP contribution is 2.25. The number of piperidine rings is 1. The number of ether oxygens (including phenoxy) is 1. The van der Waals surface area contributed by atoms with Crippen LogP contribution < -0.4 is 10.1 Å². The van der Waals surface area contributed by atoms with Crippen molar-refractivity contribution < 1.29 is 17.9 Å². The molecule has 8 heteroatoms. The average molecular weight is 409 g/mol. The molecule has 2 aromatic rings. The molecule has 0 aliphatic carbocycles. The molecule has 2 heterocycles. The number of rotatable bonds is 7. The van der Waals surface area contributed by atoms with Crippen molar-refractivity contribution >= 4 is 27.3 Å². The fourth-order valence-corrected chi connectivity index (χ4v) is 5.34. The van der Waals surface area contributed by atoms with Gasteiger partial charge in [0, 0.05) is 30.4 Å². The number of nitrogens with one attached hydrogen (secondary N) is 1. The highest BCUT2D eigenvalue weighted by molar-refractivity contribution is 7.89. The lowest BCUT2D eigenvalue weighted by Gasteiger charge is -2.30. The molecule has 1 saturated heterocycles. The normalized spacial score (nSPS) is 16.2. The van der Waals surface area contributed by atoms with Crippen molar-refractivity contribution in [3.63, 3.8) is 0 Å². The Labute approximate surface area is 164 Å². The monoisotopic (exact) mass is 408 g/mol. The third-order valence-corrected chi connectivity index (χ3v) is 7.62. The first kappa shape index (κ1) is 19.9. The van der Waals surface area contributed by atoms with Crippen molar-refractivity contribution in [3.05, 3.63) is 46.7 Å². The summed E-state index contributed by atoms with van der Waals surface area (Å²) in [4.78, 5) is 13.8. The second kappa shape index (κ2) is 8.86. The molecule has 0 saturated carbocycles. The van der Waals surface area contributed by atoms with Gasteiger partial charge in [0.25, 0.3) is 0 Å².